The number of aliphatic carboxylic acids is 1. The molecule has 1 aliphatic rings. The van der Waals surface area contributed by atoms with Crippen LogP contribution in [0, 0.1) is 0 Å². The van der Waals surface area contributed by atoms with Gasteiger partial charge in [0.05, 0.1) is 68.6 Å². The van der Waals surface area contributed by atoms with Crippen LogP contribution in [0.25, 0.3) is 5.69 Å². The number of benzene rings is 3. The van der Waals surface area contributed by atoms with E-state index in [0.29, 0.717) is 51.7 Å². The van der Waals surface area contributed by atoms with Crippen molar-refractivity contribution in [2.45, 2.75) is 38.4 Å². The summed E-state index contributed by atoms with van der Waals surface area (Å²) in [5, 5.41) is 21.8. The number of nitrogens with zero attached hydrogens (tertiary/aromatic N) is 3. The fraction of sp³-hybridized carbons (Fsp3) is 0.385. The molecule has 1 saturated heterocycles. The number of alkyl halides is 3. The molecule has 4 aromatic rings. The van der Waals surface area contributed by atoms with E-state index in [2.05, 4.69) is 25.9 Å². The molecule has 2 amide bonds. The van der Waals surface area contributed by atoms with Gasteiger partial charge in [-0.3, -0.25) is 14.4 Å². The summed E-state index contributed by atoms with van der Waals surface area (Å²) in [6, 6.07) is 18.6. The number of carbonyl (C=O) groups is 3. The molecule has 2 heterocycles. The third kappa shape index (κ3) is 12.9. The molecule has 0 unspecified atom stereocenters. The van der Waals surface area contributed by atoms with Crippen molar-refractivity contribution in [3.05, 3.63) is 101 Å². The molecule has 5 rings (SSSR count). The number of halogens is 3. The van der Waals surface area contributed by atoms with Crippen molar-refractivity contribution in [2.75, 3.05) is 74.8 Å². The topological polar surface area (TPSA) is 156 Å². The van der Waals surface area contributed by atoms with Crippen LogP contribution < -0.4 is 20.9 Å². The van der Waals surface area contributed by atoms with Crippen molar-refractivity contribution in [1.82, 2.24) is 15.1 Å². The Hall–Kier alpha value is -5.29. The summed E-state index contributed by atoms with van der Waals surface area (Å²) in [7, 11) is 0. The Morgan fingerprint density at radius 1 is 0.764 bits per heavy atom. The van der Waals surface area contributed by atoms with Gasteiger partial charge >= 0.3 is 12.1 Å². The van der Waals surface area contributed by atoms with Crippen molar-refractivity contribution >= 4 is 35.0 Å². The number of carbonyl (C=O) groups excluding carboxylic acids is 2. The molecule has 1 aliphatic heterocycles. The fourth-order valence-corrected chi connectivity index (χ4v) is 5.82. The molecule has 1 fully saturated rings. The number of hydrogen-bond acceptors (Lipinski definition) is 9. The molecule has 3 aromatic carbocycles. The van der Waals surface area contributed by atoms with Crippen LogP contribution in [0.1, 0.15) is 57.5 Å². The summed E-state index contributed by atoms with van der Waals surface area (Å²) in [5.41, 5.74) is 1.95. The molecule has 0 aliphatic carbocycles. The van der Waals surface area contributed by atoms with Crippen LogP contribution in [0.5, 0.6) is 0 Å². The van der Waals surface area contributed by atoms with Gasteiger partial charge < -0.3 is 40.2 Å². The fourth-order valence-electron chi connectivity index (χ4n) is 5.82. The first-order valence-corrected chi connectivity index (χ1v) is 18.1. The maximum absolute atomic E-state index is 13.8. The minimum atomic E-state index is -4.52. The van der Waals surface area contributed by atoms with Gasteiger partial charge in [0.1, 0.15) is 0 Å². The first-order valence-electron chi connectivity index (χ1n) is 18.1. The van der Waals surface area contributed by atoms with Gasteiger partial charge in [0.2, 0.25) is 0 Å². The smallest absolute Gasteiger partial charge is 0.416 e. The molecular weight excluding hydrogens is 721 g/mol. The van der Waals surface area contributed by atoms with Crippen molar-refractivity contribution in [2.24, 2.45) is 0 Å². The molecular formula is C39H45F3N6O7. The van der Waals surface area contributed by atoms with Crippen LogP contribution in [-0.2, 0) is 31.7 Å². The summed E-state index contributed by atoms with van der Waals surface area (Å²) >= 11 is 0. The van der Waals surface area contributed by atoms with Gasteiger partial charge in [-0.1, -0.05) is 18.2 Å². The Kier molecular flexibility index (Phi) is 15.2. The Morgan fingerprint density at radius 3 is 2.24 bits per heavy atom. The van der Waals surface area contributed by atoms with E-state index in [1.54, 1.807) is 30.3 Å². The first kappa shape index (κ1) is 40.9. The lowest BCUT2D eigenvalue weighted by molar-refractivity contribution is -0.139. The molecule has 16 heteroatoms. The average molecular weight is 767 g/mol. The Morgan fingerprint density at radius 2 is 1.49 bits per heavy atom. The predicted octanol–water partition coefficient (Wildman–Crippen LogP) is 6.00. The summed E-state index contributed by atoms with van der Waals surface area (Å²) in [4.78, 5) is 39.9. The number of amides is 2. The monoisotopic (exact) mass is 766 g/mol. The van der Waals surface area contributed by atoms with E-state index < -0.39 is 29.5 Å². The van der Waals surface area contributed by atoms with Gasteiger partial charge in [-0.2, -0.15) is 18.3 Å². The molecule has 1 aromatic heterocycles. The zero-order valence-corrected chi connectivity index (χ0v) is 30.3. The largest absolute Gasteiger partial charge is 0.481 e. The lowest BCUT2D eigenvalue weighted by Crippen LogP contribution is -2.29. The number of aromatic nitrogens is 2. The summed E-state index contributed by atoms with van der Waals surface area (Å²) in [6.45, 7) is 4.77. The number of piperidine rings is 1. The highest BCUT2D eigenvalue weighted by Gasteiger charge is 2.30. The van der Waals surface area contributed by atoms with Gasteiger partial charge in [0.25, 0.3) is 11.8 Å². The number of anilines is 3. The maximum Gasteiger partial charge on any atom is 0.416 e. The third-order valence-corrected chi connectivity index (χ3v) is 8.63. The summed E-state index contributed by atoms with van der Waals surface area (Å²) in [6.07, 6.45) is 0.0722. The third-order valence-electron chi connectivity index (χ3n) is 8.63. The van der Waals surface area contributed by atoms with Crippen LogP contribution in [0.15, 0.2) is 79.0 Å². The standard InChI is InChI=1S/C39H45F3N6O7/c40-39(41,42)30-8-5-9-32(25-30)48-17-12-35(46-48)45-38(52)33-26-31(47-15-2-1-3-16-47)10-11-34(33)44-37(51)29-7-4-6-28(24-29)27-43-14-19-54-21-23-55-22-20-53-18-13-36(49)50/h4-12,17,24-26,43H,1-3,13-16,18-23,27H2,(H,44,51)(H,49,50)(H,45,46,52). The first-order chi connectivity index (χ1) is 26.6. The number of rotatable bonds is 20. The molecule has 55 heavy (non-hydrogen) atoms. The molecule has 4 N–H and O–H groups in total. The Bertz CT molecular complexity index is 1880. The van der Waals surface area contributed by atoms with Crippen molar-refractivity contribution in [3.63, 3.8) is 0 Å². The minimum Gasteiger partial charge on any atom is -0.481 e. The molecule has 0 radical (unpaired) electrons. The zero-order valence-electron chi connectivity index (χ0n) is 30.3. The molecule has 0 spiro atoms. The molecule has 0 saturated carbocycles. The second-order valence-electron chi connectivity index (χ2n) is 12.7. The van der Waals surface area contributed by atoms with Crippen LogP contribution in [-0.4, -0.2) is 91.9 Å². The van der Waals surface area contributed by atoms with E-state index >= 15 is 0 Å². The molecule has 13 nitrogen and oxygen atoms in total. The van der Waals surface area contributed by atoms with E-state index in [0.717, 1.165) is 55.7 Å². The van der Waals surface area contributed by atoms with Crippen LogP contribution in [0.4, 0.5) is 30.4 Å². The second kappa shape index (κ2) is 20.4. The Labute approximate surface area is 316 Å². The lowest BCUT2D eigenvalue weighted by atomic mass is 10.1. The second-order valence-corrected chi connectivity index (χ2v) is 12.7. The highest BCUT2D eigenvalue weighted by molar-refractivity contribution is 6.12. The minimum absolute atomic E-state index is 0.0418. The van der Waals surface area contributed by atoms with E-state index in [-0.39, 0.29) is 35.8 Å². The lowest BCUT2D eigenvalue weighted by Gasteiger charge is -2.29. The van der Waals surface area contributed by atoms with Crippen molar-refractivity contribution < 1.29 is 46.9 Å². The van der Waals surface area contributed by atoms with Crippen molar-refractivity contribution in [3.8, 4) is 5.69 Å². The Balaban J connectivity index is 1.16. The van der Waals surface area contributed by atoms with E-state index in [9.17, 15) is 27.6 Å². The maximum atomic E-state index is 13.8. The molecule has 0 bridgehead atoms. The predicted molar refractivity (Wildman–Crippen MR) is 200 cm³/mol. The number of hydrogen-bond donors (Lipinski definition) is 4. The normalized spacial score (nSPS) is 13.1. The highest BCUT2D eigenvalue weighted by Crippen LogP contribution is 2.31. The number of ether oxygens (including phenoxy) is 3. The summed E-state index contributed by atoms with van der Waals surface area (Å²) < 4.78 is 57.2. The zero-order chi connectivity index (χ0) is 39.0. The van der Waals surface area contributed by atoms with Gasteiger partial charge in [-0.15, -0.1) is 0 Å². The van der Waals surface area contributed by atoms with E-state index in [1.165, 1.54) is 29.1 Å². The van der Waals surface area contributed by atoms with Crippen LogP contribution in [0.2, 0.25) is 0 Å². The van der Waals surface area contributed by atoms with Crippen LogP contribution >= 0.6 is 0 Å². The van der Waals surface area contributed by atoms with E-state index in [1.807, 2.05) is 12.1 Å². The van der Waals surface area contributed by atoms with Gasteiger partial charge in [-0.25, -0.2) is 4.68 Å². The number of carboxylic acids is 1. The van der Waals surface area contributed by atoms with E-state index in [4.69, 9.17) is 19.3 Å². The highest BCUT2D eigenvalue weighted by atomic mass is 19.4. The van der Waals surface area contributed by atoms with Gasteiger partial charge in [-0.05, 0) is 73.4 Å². The van der Waals surface area contributed by atoms with Crippen LogP contribution in [0.3, 0.4) is 0 Å². The number of carboxylic acid groups (broad SMARTS) is 1. The van der Waals surface area contributed by atoms with Gasteiger partial charge in [0.15, 0.2) is 5.82 Å². The SMILES string of the molecule is O=C(O)CCOCCOCCOCCNCc1cccc(C(=O)Nc2ccc(N3CCCCC3)cc2C(=O)Nc2ccn(-c3cccc(C(F)(F)F)c3)n2)c1. The number of nitrogens with one attached hydrogen (secondary N) is 3. The van der Waals surface area contributed by atoms with Crippen molar-refractivity contribution in [1.29, 1.82) is 0 Å². The summed E-state index contributed by atoms with van der Waals surface area (Å²) in [5.74, 6) is -1.74. The molecule has 0 atom stereocenters. The molecule has 294 valence electrons. The van der Waals surface area contributed by atoms with Gasteiger partial charge in [0, 0.05) is 49.7 Å². The average Bonchev–Trinajstić information content (AvgIpc) is 3.65. The quantitative estimate of drug-likeness (QED) is 0.0788.